The molecule has 0 saturated heterocycles. The molecule has 3 nitrogen and oxygen atoms in total. The summed E-state index contributed by atoms with van der Waals surface area (Å²) in [4.78, 5) is 15.9. The molecule has 0 saturated carbocycles. The summed E-state index contributed by atoms with van der Waals surface area (Å²) in [6.07, 6.45) is 1.47. The van der Waals surface area contributed by atoms with Gasteiger partial charge in [0, 0.05) is 17.3 Å². The Labute approximate surface area is 104 Å². The van der Waals surface area contributed by atoms with Gasteiger partial charge in [-0.2, -0.15) is 0 Å². The molecular weight excluding hydrogens is 238 g/mol. The molecule has 2 aromatic rings. The lowest BCUT2D eigenvalue weighted by atomic mass is 10.1. The Balaban J connectivity index is 2.27. The normalized spacial score (nSPS) is 10.0. The van der Waals surface area contributed by atoms with E-state index in [0.717, 1.165) is 5.75 Å². The molecule has 0 fully saturated rings. The van der Waals surface area contributed by atoms with Crippen LogP contribution < -0.4 is 4.74 Å². The Kier molecular flexibility index (Phi) is 3.40. The number of rotatable bonds is 3. The zero-order valence-corrected chi connectivity index (χ0v) is 9.94. The lowest BCUT2D eigenvalue weighted by molar-refractivity contribution is 0.103. The van der Waals surface area contributed by atoms with Crippen LogP contribution in [-0.4, -0.2) is 17.9 Å². The van der Waals surface area contributed by atoms with Crippen LogP contribution in [0.5, 0.6) is 5.75 Å². The van der Waals surface area contributed by atoms with Gasteiger partial charge in [-0.15, -0.1) is 0 Å². The van der Waals surface area contributed by atoms with E-state index in [2.05, 4.69) is 4.98 Å². The highest BCUT2D eigenvalue weighted by atomic mass is 35.5. The van der Waals surface area contributed by atoms with Crippen molar-refractivity contribution < 1.29 is 9.53 Å². The lowest BCUT2D eigenvalue weighted by Crippen LogP contribution is -2.01. The molecule has 0 unspecified atom stereocenters. The van der Waals surface area contributed by atoms with Gasteiger partial charge in [-0.3, -0.25) is 4.79 Å². The quantitative estimate of drug-likeness (QED) is 0.618. The van der Waals surface area contributed by atoms with Crippen molar-refractivity contribution in [2.24, 2.45) is 0 Å². The summed E-state index contributed by atoms with van der Waals surface area (Å²) in [5.74, 6) is 0.632. The van der Waals surface area contributed by atoms with Gasteiger partial charge in [0.15, 0.2) is 5.78 Å². The van der Waals surface area contributed by atoms with Crippen molar-refractivity contribution in [2.45, 2.75) is 0 Å². The molecule has 2 rings (SSSR count). The summed E-state index contributed by atoms with van der Waals surface area (Å²) < 4.78 is 5.03. The third-order valence-electron chi connectivity index (χ3n) is 2.34. The van der Waals surface area contributed by atoms with Crippen LogP contribution in [0.2, 0.25) is 5.15 Å². The minimum Gasteiger partial charge on any atom is -0.497 e. The first-order valence-electron chi connectivity index (χ1n) is 5.01. The number of methoxy groups -OCH3 is 1. The van der Waals surface area contributed by atoms with Gasteiger partial charge in [-0.05, 0) is 36.4 Å². The Morgan fingerprint density at radius 3 is 2.29 bits per heavy atom. The number of ether oxygens (including phenoxy) is 1. The number of halogens is 1. The molecule has 1 aromatic carbocycles. The molecule has 0 aliphatic heterocycles. The first-order chi connectivity index (χ1) is 8.20. The van der Waals surface area contributed by atoms with Crippen LogP contribution in [0.1, 0.15) is 15.9 Å². The van der Waals surface area contributed by atoms with Gasteiger partial charge in [-0.25, -0.2) is 4.98 Å². The number of aromatic nitrogens is 1. The number of carbonyl (C=O) groups excluding carboxylic acids is 1. The third kappa shape index (κ3) is 2.63. The van der Waals surface area contributed by atoms with E-state index in [1.807, 2.05) is 0 Å². The van der Waals surface area contributed by atoms with E-state index >= 15 is 0 Å². The van der Waals surface area contributed by atoms with E-state index in [-0.39, 0.29) is 5.78 Å². The minimum absolute atomic E-state index is 0.0863. The maximum atomic E-state index is 12.0. The highest BCUT2D eigenvalue weighted by Gasteiger charge is 2.09. The molecular formula is C13H10ClNO2. The van der Waals surface area contributed by atoms with Gasteiger partial charge in [0.05, 0.1) is 7.11 Å². The van der Waals surface area contributed by atoms with Gasteiger partial charge < -0.3 is 4.74 Å². The van der Waals surface area contributed by atoms with Gasteiger partial charge in [0.25, 0.3) is 0 Å². The molecule has 0 aliphatic rings. The Morgan fingerprint density at radius 2 is 1.76 bits per heavy atom. The molecule has 4 heteroatoms. The molecule has 0 aliphatic carbocycles. The zero-order valence-electron chi connectivity index (χ0n) is 9.18. The van der Waals surface area contributed by atoms with Crippen LogP contribution in [0.4, 0.5) is 0 Å². The topological polar surface area (TPSA) is 39.2 Å². The molecule has 1 heterocycles. The summed E-state index contributed by atoms with van der Waals surface area (Å²) in [6.45, 7) is 0. The second-order valence-electron chi connectivity index (χ2n) is 3.43. The van der Waals surface area contributed by atoms with Crippen molar-refractivity contribution in [3.63, 3.8) is 0 Å². The fraction of sp³-hybridized carbons (Fsp3) is 0.0769. The number of hydrogen-bond acceptors (Lipinski definition) is 3. The zero-order chi connectivity index (χ0) is 12.3. The SMILES string of the molecule is COc1ccc(C(=O)c2ccc(Cl)nc2)cc1. The van der Waals surface area contributed by atoms with Crippen molar-refractivity contribution in [3.05, 3.63) is 58.9 Å². The predicted octanol–water partition coefficient (Wildman–Crippen LogP) is 2.97. The van der Waals surface area contributed by atoms with Crippen molar-refractivity contribution in [3.8, 4) is 5.75 Å². The second kappa shape index (κ2) is 4.97. The van der Waals surface area contributed by atoms with Crippen LogP contribution in [0.15, 0.2) is 42.6 Å². The number of ketones is 1. The maximum Gasteiger partial charge on any atom is 0.194 e. The first kappa shape index (κ1) is 11.6. The number of hydrogen-bond donors (Lipinski definition) is 0. The van der Waals surface area contributed by atoms with Crippen molar-refractivity contribution >= 4 is 17.4 Å². The van der Waals surface area contributed by atoms with Crippen LogP contribution >= 0.6 is 11.6 Å². The Morgan fingerprint density at radius 1 is 1.12 bits per heavy atom. The van der Waals surface area contributed by atoms with Gasteiger partial charge >= 0.3 is 0 Å². The van der Waals surface area contributed by atoms with Crippen LogP contribution in [-0.2, 0) is 0 Å². The van der Waals surface area contributed by atoms with E-state index in [1.165, 1.54) is 6.20 Å². The van der Waals surface area contributed by atoms with Gasteiger partial charge in [0.1, 0.15) is 10.9 Å². The second-order valence-corrected chi connectivity index (χ2v) is 3.81. The number of carbonyl (C=O) groups is 1. The standard InChI is InChI=1S/C13H10ClNO2/c1-17-11-5-2-9(3-6-11)13(16)10-4-7-12(14)15-8-10/h2-8H,1H3. The monoisotopic (exact) mass is 247 g/mol. The van der Waals surface area contributed by atoms with Crippen LogP contribution in [0, 0.1) is 0 Å². The lowest BCUT2D eigenvalue weighted by Gasteiger charge is -2.02. The highest BCUT2D eigenvalue weighted by molar-refractivity contribution is 6.29. The number of benzene rings is 1. The van der Waals surface area contributed by atoms with E-state index in [1.54, 1.807) is 43.5 Å². The number of nitrogens with zero attached hydrogens (tertiary/aromatic N) is 1. The highest BCUT2D eigenvalue weighted by Crippen LogP contribution is 2.15. The maximum absolute atomic E-state index is 12.0. The fourth-order valence-corrected chi connectivity index (χ4v) is 1.53. The van der Waals surface area contributed by atoms with E-state index < -0.39 is 0 Å². The van der Waals surface area contributed by atoms with Crippen molar-refractivity contribution in [2.75, 3.05) is 7.11 Å². The molecule has 0 amide bonds. The van der Waals surface area contributed by atoms with Crippen LogP contribution in [0.3, 0.4) is 0 Å². The van der Waals surface area contributed by atoms with Crippen molar-refractivity contribution in [1.29, 1.82) is 0 Å². The minimum atomic E-state index is -0.0863. The smallest absolute Gasteiger partial charge is 0.194 e. The molecule has 0 radical (unpaired) electrons. The average Bonchev–Trinajstić information content (AvgIpc) is 2.39. The summed E-state index contributed by atoms with van der Waals surface area (Å²) in [6, 6.07) is 10.2. The summed E-state index contributed by atoms with van der Waals surface area (Å²) >= 11 is 5.66. The molecule has 0 atom stereocenters. The van der Waals surface area contributed by atoms with Gasteiger partial charge in [-0.1, -0.05) is 11.6 Å². The van der Waals surface area contributed by atoms with E-state index in [4.69, 9.17) is 16.3 Å². The molecule has 1 aromatic heterocycles. The van der Waals surface area contributed by atoms with Crippen molar-refractivity contribution in [1.82, 2.24) is 4.98 Å². The van der Waals surface area contributed by atoms with Crippen LogP contribution in [0.25, 0.3) is 0 Å². The average molecular weight is 248 g/mol. The number of pyridine rings is 1. The van der Waals surface area contributed by atoms with Gasteiger partial charge in [0.2, 0.25) is 0 Å². The summed E-state index contributed by atoms with van der Waals surface area (Å²) in [5, 5.41) is 0.372. The van der Waals surface area contributed by atoms with E-state index in [0.29, 0.717) is 16.3 Å². The Hall–Kier alpha value is -1.87. The summed E-state index contributed by atoms with van der Waals surface area (Å²) in [5.41, 5.74) is 1.11. The molecule has 86 valence electrons. The largest absolute Gasteiger partial charge is 0.497 e. The molecule has 17 heavy (non-hydrogen) atoms. The third-order valence-corrected chi connectivity index (χ3v) is 2.57. The fourth-order valence-electron chi connectivity index (χ4n) is 1.42. The molecule has 0 bridgehead atoms. The predicted molar refractivity (Wildman–Crippen MR) is 65.7 cm³/mol. The summed E-state index contributed by atoms with van der Waals surface area (Å²) in [7, 11) is 1.58. The molecule has 0 N–H and O–H groups in total. The Bertz CT molecular complexity index is 520. The molecule has 0 spiro atoms. The van der Waals surface area contributed by atoms with E-state index in [9.17, 15) is 4.79 Å². The first-order valence-corrected chi connectivity index (χ1v) is 5.39.